The summed E-state index contributed by atoms with van der Waals surface area (Å²) in [4.78, 5) is 25.2. The van der Waals surface area contributed by atoms with Crippen LogP contribution in [0.3, 0.4) is 0 Å². The Morgan fingerprint density at radius 2 is 2.19 bits per heavy atom. The first-order valence-electron chi connectivity index (χ1n) is 7.05. The zero-order valence-electron chi connectivity index (χ0n) is 13.0. The summed E-state index contributed by atoms with van der Waals surface area (Å²) in [5.41, 5.74) is 0. The van der Waals surface area contributed by atoms with Gasteiger partial charge in [-0.3, -0.25) is 14.5 Å². The molecule has 0 aromatic carbocycles. The van der Waals surface area contributed by atoms with Crippen LogP contribution in [-0.2, 0) is 14.3 Å². The number of hydrogen-bond donors (Lipinski definition) is 1. The molecule has 0 unspecified atom stereocenters. The molecule has 1 rings (SSSR count). The molecule has 21 heavy (non-hydrogen) atoms. The number of carbonyl (C=O) groups is 2. The minimum Gasteiger partial charge on any atom is -0.465 e. The number of hydrogen-bond acceptors (Lipinski definition) is 6. The summed E-state index contributed by atoms with van der Waals surface area (Å²) < 4.78 is 9.80. The molecule has 0 atom stereocenters. The summed E-state index contributed by atoms with van der Waals surface area (Å²) in [5.74, 6) is 0.590. The maximum absolute atomic E-state index is 11.8. The molecule has 1 heterocycles. The zero-order chi connectivity index (χ0) is 15.8. The summed E-state index contributed by atoms with van der Waals surface area (Å²) in [6.45, 7) is 8.47. The van der Waals surface area contributed by atoms with E-state index in [1.807, 2.05) is 18.7 Å². The Labute approximate surface area is 124 Å². The number of aryl methyl sites for hydroxylation is 1. The van der Waals surface area contributed by atoms with Crippen LogP contribution in [0.25, 0.3) is 0 Å². The second-order valence-corrected chi connectivity index (χ2v) is 4.99. The lowest BCUT2D eigenvalue weighted by atomic mass is 10.2. The van der Waals surface area contributed by atoms with Crippen molar-refractivity contribution < 1.29 is 18.8 Å². The monoisotopic (exact) mass is 297 g/mol. The third-order valence-electron chi connectivity index (χ3n) is 2.89. The molecule has 0 aliphatic carbocycles. The van der Waals surface area contributed by atoms with E-state index in [4.69, 9.17) is 9.26 Å². The topological polar surface area (TPSA) is 84.7 Å². The third-order valence-corrected chi connectivity index (χ3v) is 2.89. The van der Waals surface area contributed by atoms with Crippen molar-refractivity contribution in [3.05, 3.63) is 11.8 Å². The van der Waals surface area contributed by atoms with Crippen molar-refractivity contribution in [1.29, 1.82) is 0 Å². The number of carbonyl (C=O) groups excluding carboxylic acids is 2. The average molecular weight is 297 g/mol. The van der Waals surface area contributed by atoms with Crippen LogP contribution in [0.2, 0.25) is 0 Å². The van der Waals surface area contributed by atoms with Crippen molar-refractivity contribution in [2.24, 2.45) is 0 Å². The fourth-order valence-electron chi connectivity index (χ4n) is 1.77. The molecular formula is C14H23N3O4. The van der Waals surface area contributed by atoms with Crippen LogP contribution in [0.4, 0.5) is 5.82 Å². The first-order chi connectivity index (χ1) is 9.92. The lowest BCUT2D eigenvalue weighted by Gasteiger charge is -2.24. The largest absolute Gasteiger partial charge is 0.465 e. The number of aromatic nitrogens is 1. The van der Waals surface area contributed by atoms with Crippen LogP contribution in [0.1, 0.15) is 33.0 Å². The van der Waals surface area contributed by atoms with Crippen LogP contribution in [0.15, 0.2) is 10.6 Å². The lowest BCUT2D eigenvalue weighted by molar-refractivity contribution is -0.145. The van der Waals surface area contributed by atoms with E-state index in [1.54, 1.807) is 19.9 Å². The number of anilines is 1. The fourth-order valence-corrected chi connectivity index (χ4v) is 1.77. The van der Waals surface area contributed by atoms with Gasteiger partial charge in [-0.05, 0) is 27.7 Å². The fraction of sp³-hybridized carbons (Fsp3) is 0.643. The molecule has 1 aromatic heterocycles. The molecule has 1 N–H and O–H groups in total. The lowest BCUT2D eigenvalue weighted by Crippen LogP contribution is -2.38. The number of nitrogens with one attached hydrogen (secondary N) is 1. The minimum absolute atomic E-state index is 0.150. The number of rotatable bonds is 8. The maximum atomic E-state index is 11.8. The van der Waals surface area contributed by atoms with Crippen LogP contribution < -0.4 is 5.32 Å². The number of amides is 1. The van der Waals surface area contributed by atoms with Crippen molar-refractivity contribution in [3.8, 4) is 0 Å². The molecule has 0 aliphatic heterocycles. The summed E-state index contributed by atoms with van der Waals surface area (Å²) in [6.07, 6.45) is 0.267. The van der Waals surface area contributed by atoms with Gasteiger partial charge in [-0.1, -0.05) is 5.16 Å². The number of ether oxygens (including phenoxy) is 1. The third kappa shape index (κ3) is 6.40. The van der Waals surface area contributed by atoms with E-state index < -0.39 is 0 Å². The molecule has 118 valence electrons. The van der Waals surface area contributed by atoms with E-state index >= 15 is 0 Å². The predicted molar refractivity (Wildman–Crippen MR) is 77.8 cm³/mol. The van der Waals surface area contributed by atoms with Gasteiger partial charge in [0.05, 0.1) is 13.2 Å². The van der Waals surface area contributed by atoms with E-state index in [1.165, 1.54) is 0 Å². The summed E-state index contributed by atoms with van der Waals surface area (Å²) in [5, 5.41) is 6.34. The van der Waals surface area contributed by atoms with Gasteiger partial charge in [0.15, 0.2) is 5.82 Å². The van der Waals surface area contributed by atoms with Crippen molar-refractivity contribution >= 4 is 17.7 Å². The highest BCUT2D eigenvalue weighted by atomic mass is 16.5. The van der Waals surface area contributed by atoms with Crippen LogP contribution >= 0.6 is 0 Å². The molecule has 0 radical (unpaired) electrons. The van der Waals surface area contributed by atoms with Gasteiger partial charge in [-0.2, -0.15) is 0 Å². The Hall–Kier alpha value is -1.89. The van der Waals surface area contributed by atoms with Gasteiger partial charge >= 0.3 is 5.97 Å². The molecule has 1 aromatic rings. The highest BCUT2D eigenvalue weighted by molar-refractivity contribution is 5.89. The summed E-state index contributed by atoms with van der Waals surface area (Å²) in [6, 6.07) is 1.80. The maximum Gasteiger partial charge on any atom is 0.320 e. The van der Waals surface area contributed by atoms with Gasteiger partial charge < -0.3 is 14.6 Å². The number of nitrogens with zero attached hydrogens (tertiary/aromatic N) is 2. The van der Waals surface area contributed by atoms with E-state index in [9.17, 15) is 9.59 Å². The Bertz CT molecular complexity index is 471. The van der Waals surface area contributed by atoms with Gasteiger partial charge in [-0.15, -0.1) is 0 Å². The molecule has 0 aliphatic rings. The molecule has 0 saturated carbocycles. The second-order valence-electron chi connectivity index (χ2n) is 4.99. The van der Waals surface area contributed by atoms with Crippen molar-refractivity contribution in [1.82, 2.24) is 10.1 Å². The smallest absolute Gasteiger partial charge is 0.320 e. The van der Waals surface area contributed by atoms with E-state index in [2.05, 4.69) is 10.5 Å². The van der Waals surface area contributed by atoms with Crippen LogP contribution in [-0.4, -0.2) is 47.7 Å². The highest BCUT2D eigenvalue weighted by Crippen LogP contribution is 2.08. The van der Waals surface area contributed by atoms with E-state index in [0.29, 0.717) is 24.7 Å². The Balaban J connectivity index is 2.41. The van der Waals surface area contributed by atoms with Gasteiger partial charge in [-0.25, -0.2) is 0 Å². The van der Waals surface area contributed by atoms with Gasteiger partial charge in [0.25, 0.3) is 0 Å². The molecular weight excluding hydrogens is 274 g/mol. The summed E-state index contributed by atoms with van der Waals surface area (Å²) >= 11 is 0. The molecule has 0 bridgehead atoms. The standard InChI is InChI=1S/C14H23N3O4/c1-5-20-14(19)9-17(10(2)3)7-6-13(18)15-12-8-11(4)21-16-12/h8,10H,5-7,9H2,1-4H3,(H,15,16,18). The van der Waals surface area contributed by atoms with Crippen molar-refractivity contribution in [3.63, 3.8) is 0 Å². The molecule has 0 saturated heterocycles. The predicted octanol–water partition coefficient (Wildman–Crippen LogP) is 1.59. The molecule has 7 nitrogen and oxygen atoms in total. The van der Waals surface area contributed by atoms with Gasteiger partial charge in [0.1, 0.15) is 5.76 Å². The second kappa shape index (κ2) is 8.41. The Morgan fingerprint density at radius 1 is 1.48 bits per heavy atom. The summed E-state index contributed by atoms with van der Waals surface area (Å²) in [7, 11) is 0. The first-order valence-corrected chi connectivity index (χ1v) is 7.05. The normalized spacial score (nSPS) is 11.0. The van der Waals surface area contributed by atoms with Gasteiger partial charge in [0, 0.05) is 25.1 Å². The Kier molecular flexibility index (Phi) is 6.87. The van der Waals surface area contributed by atoms with E-state index in [-0.39, 0.29) is 30.9 Å². The van der Waals surface area contributed by atoms with Crippen LogP contribution in [0, 0.1) is 6.92 Å². The van der Waals surface area contributed by atoms with Crippen molar-refractivity contribution in [2.45, 2.75) is 40.2 Å². The molecule has 0 spiro atoms. The SMILES string of the molecule is CCOC(=O)CN(CCC(=O)Nc1cc(C)on1)C(C)C. The zero-order valence-corrected chi connectivity index (χ0v) is 13.0. The Morgan fingerprint density at radius 3 is 2.71 bits per heavy atom. The molecule has 1 amide bonds. The number of esters is 1. The average Bonchev–Trinajstić information content (AvgIpc) is 2.79. The van der Waals surface area contributed by atoms with E-state index in [0.717, 1.165) is 0 Å². The molecule has 0 fully saturated rings. The molecule has 7 heteroatoms. The van der Waals surface area contributed by atoms with Crippen molar-refractivity contribution in [2.75, 3.05) is 25.0 Å². The quantitative estimate of drug-likeness (QED) is 0.733. The van der Waals surface area contributed by atoms with Gasteiger partial charge in [0.2, 0.25) is 5.91 Å². The highest BCUT2D eigenvalue weighted by Gasteiger charge is 2.16. The van der Waals surface area contributed by atoms with Crippen LogP contribution in [0.5, 0.6) is 0 Å². The minimum atomic E-state index is -0.279. The first kappa shape index (κ1) is 17.2.